The second-order valence-corrected chi connectivity index (χ2v) is 10.1. The largest absolute Gasteiger partial charge is 0.494 e. The number of hydrazine groups is 1. The van der Waals surface area contributed by atoms with E-state index in [0.29, 0.717) is 19.0 Å². The zero-order chi connectivity index (χ0) is 24.1. The minimum atomic E-state index is -0.304. The lowest BCUT2D eigenvalue weighted by molar-refractivity contribution is -0.149. The summed E-state index contributed by atoms with van der Waals surface area (Å²) >= 11 is 0. The zero-order valence-electron chi connectivity index (χ0n) is 20.0. The standard InChI is InChI=1S/C18H30N6O.C6H10O2/c1-23-9-6-14(7-10-23)18(21)12-17(18,20)8-11-25-16-4-2-15(3-5-16)24(22)13-19;1-6(8-5-7)3-2-4-6/h2-5,13-14,19H,6-12,20-22H2,1H3;5H,2-4H2,1H3. The number of nitrogens with two attached hydrogens (primary N) is 3. The van der Waals surface area contributed by atoms with Crippen LogP contribution in [0.3, 0.4) is 0 Å². The summed E-state index contributed by atoms with van der Waals surface area (Å²) < 4.78 is 10.6. The van der Waals surface area contributed by atoms with Crippen LogP contribution in [-0.2, 0) is 9.53 Å². The normalized spacial score (nSPS) is 28.5. The van der Waals surface area contributed by atoms with Crippen LogP contribution in [0.4, 0.5) is 5.69 Å². The number of carbonyl (C=O) groups excluding carboxylic acids is 1. The molecule has 1 heterocycles. The van der Waals surface area contributed by atoms with Gasteiger partial charge in [0, 0.05) is 17.5 Å². The Hall–Kier alpha value is -2.20. The van der Waals surface area contributed by atoms with E-state index < -0.39 is 0 Å². The van der Waals surface area contributed by atoms with Gasteiger partial charge in [0.05, 0.1) is 12.3 Å². The fourth-order valence-corrected chi connectivity index (χ4v) is 4.92. The van der Waals surface area contributed by atoms with E-state index in [9.17, 15) is 4.79 Å². The second kappa shape index (κ2) is 10.4. The van der Waals surface area contributed by atoms with Crippen molar-refractivity contribution in [1.82, 2.24) is 4.90 Å². The molecule has 0 radical (unpaired) electrons. The summed E-state index contributed by atoms with van der Waals surface area (Å²) in [5.74, 6) is 6.92. The number of piperidine rings is 1. The summed E-state index contributed by atoms with van der Waals surface area (Å²) in [6, 6.07) is 7.34. The molecule has 4 rings (SSSR count). The predicted octanol–water partition coefficient (Wildman–Crippen LogP) is 1.99. The number of benzene rings is 1. The van der Waals surface area contributed by atoms with E-state index in [0.717, 1.165) is 69.4 Å². The van der Waals surface area contributed by atoms with Gasteiger partial charge in [0.1, 0.15) is 17.7 Å². The van der Waals surface area contributed by atoms with Crippen LogP contribution in [0.5, 0.6) is 5.75 Å². The number of nitrogens with one attached hydrogen (secondary N) is 1. The van der Waals surface area contributed by atoms with Gasteiger partial charge in [0.25, 0.3) is 6.47 Å². The molecule has 1 saturated heterocycles. The van der Waals surface area contributed by atoms with Crippen molar-refractivity contribution in [3.63, 3.8) is 0 Å². The molecule has 2 saturated carbocycles. The smallest absolute Gasteiger partial charge is 0.293 e. The Bertz CT molecular complexity index is 794. The molecule has 2 unspecified atom stereocenters. The summed E-state index contributed by atoms with van der Waals surface area (Å²) in [7, 11) is 2.16. The predicted molar refractivity (Wildman–Crippen MR) is 130 cm³/mol. The summed E-state index contributed by atoms with van der Waals surface area (Å²) in [6.07, 6.45) is 8.25. The minimum Gasteiger partial charge on any atom is -0.494 e. The van der Waals surface area contributed by atoms with E-state index >= 15 is 0 Å². The van der Waals surface area contributed by atoms with Crippen LogP contribution in [0.15, 0.2) is 24.3 Å². The van der Waals surface area contributed by atoms with E-state index in [1.165, 1.54) is 11.4 Å². The van der Waals surface area contributed by atoms with Crippen LogP contribution in [0, 0.1) is 11.3 Å². The van der Waals surface area contributed by atoms with E-state index in [1.807, 2.05) is 31.2 Å². The van der Waals surface area contributed by atoms with Gasteiger partial charge >= 0.3 is 0 Å². The second-order valence-electron chi connectivity index (χ2n) is 10.1. The third-order valence-corrected chi connectivity index (χ3v) is 7.69. The Kier molecular flexibility index (Phi) is 8.00. The Morgan fingerprint density at radius 1 is 1.21 bits per heavy atom. The topological polar surface area (TPSA) is 144 Å². The first kappa shape index (κ1) is 25.4. The average Bonchev–Trinajstić information content (AvgIpc) is 3.35. The van der Waals surface area contributed by atoms with Gasteiger partial charge in [-0.25, -0.2) is 5.84 Å². The maximum absolute atomic E-state index is 9.79. The molecule has 7 N–H and O–H groups in total. The Labute approximate surface area is 197 Å². The molecule has 0 spiro atoms. The highest BCUT2D eigenvalue weighted by molar-refractivity contribution is 5.75. The van der Waals surface area contributed by atoms with Crippen LogP contribution < -0.4 is 27.1 Å². The van der Waals surface area contributed by atoms with Gasteiger partial charge in [-0.2, -0.15) is 0 Å². The molecule has 0 bridgehead atoms. The summed E-state index contributed by atoms with van der Waals surface area (Å²) in [5.41, 5.74) is 13.3. The maximum atomic E-state index is 9.79. The highest BCUT2D eigenvalue weighted by Gasteiger charge is 2.65. The van der Waals surface area contributed by atoms with Crippen LogP contribution in [0.2, 0.25) is 0 Å². The van der Waals surface area contributed by atoms with Crippen molar-refractivity contribution in [1.29, 1.82) is 5.41 Å². The van der Waals surface area contributed by atoms with Crippen molar-refractivity contribution in [3.8, 4) is 5.75 Å². The molecule has 1 aliphatic heterocycles. The van der Waals surface area contributed by atoms with Gasteiger partial charge in [-0.3, -0.25) is 15.2 Å². The fraction of sp³-hybridized carbons (Fsp3) is 0.667. The van der Waals surface area contributed by atoms with Gasteiger partial charge < -0.3 is 25.8 Å². The maximum Gasteiger partial charge on any atom is 0.293 e. The van der Waals surface area contributed by atoms with E-state index in [1.54, 1.807) is 0 Å². The van der Waals surface area contributed by atoms with Crippen molar-refractivity contribution < 1.29 is 14.3 Å². The first-order valence-electron chi connectivity index (χ1n) is 11.8. The molecule has 2 atom stereocenters. The zero-order valence-corrected chi connectivity index (χ0v) is 20.0. The highest BCUT2D eigenvalue weighted by atomic mass is 16.5. The van der Waals surface area contributed by atoms with Crippen LogP contribution in [-0.4, -0.2) is 61.1 Å². The number of hydrogen-bond acceptors (Lipinski definition) is 8. The number of ether oxygens (including phenoxy) is 2. The van der Waals surface area contributed by atoms with Crippen LogP contribution in [0.25, 0.3) is 0 Å². The summed E-state index contributed by atoms with van der Waals surface area (Å²) in [6.45, 7) is 5.27. The number of carbonyl (C=O) groups is 1. The number of nitrogens with zero attached hydrogens (tertiary/aromatic N) is 2. The van der Waals surface area contributed by atoms with E-state index in [4.69, 9.17) is 32.2 Å². The van der Waals surface area contributed by atoms with Crippen molar-refractivity contribution in [2.75, 3.05) is 31.8 Å². The minimum absolute atomic E-state index is 0.0955. The molecular formula is C24H40N6O3. The number of anilines is 1. The molecule has 3 aliphatic rings. The third kappa shape index (κ3) is 6.03. The van der Waals surface area contributed by atoms with Gasteiger partial charge in [-0.1, -0.05) is 0 Å². The molecule has 2 aliphatic carbocycles. The lowest BCUT2D eigenvalue weighted by Gasteiger charge is -2.35. The lowest BCUT2D eigenvalue weighted by Crippen LogP contribution is -2.50. The van der Waals surface area contributed by atoms with E-state index in [-0.39, 0.29) is 16.7 Å². The van der Waals surface area contributed by atoms with Crippen LogP contribution in [0.1, 0.15) is 51.9 Å². The summed E-state index contributed by atoms with van der Waals surface area (Å²) in [4.78, 5) is 12.1. The molecule has 184 valence electrons. The molecule has 0 amide bonds. The molecule has 1 aromatic rings. The van der Waals surface area contributed by atoms with Crippen molar-refractivity contribution in [2.45, 2.75) is 68.5 Å². The average molecular weight is 461 g/mol. The number of hydrogen-bond donors (Lipinski definition) is 4. The van der Waals surface area contributed by atoms with E-state index in [2.05, 4.69) is 11.9 Å². The quantitative estimate of drug-likeness (QED) is 0.144. The van der Waals surface area contributed by atoms with Crippen LogP contribution >= 0.6 is 0 Å². The third-order valence-electron chi connectivity index (χ3n) is 7.69. The molecule has 3 fully saturated rings. The first-order valence-corrected chi connectivity index (χ1v) is 11.8. The molecule has 9 heteroatoms. The Morgan fingerprint density at radius 2 is 1.85 bits per heavy atom. The van der Waals surface area contributed by atoms with Gasteiger partial charge in [0.2, 0.25) is 0 Å². The Morgan fingerprint density at radius 3 is 2.33 bits per heavy atom. The Balaban J connectivity index is 0.000000323. The van der Waals surface area contributed by atoms with Crippen molar-refractivity contribution in [3.05, 3.63) is 24.3 Å². The fourth-order valence-electron chi connectivity index (χ4n) is 4.92. The van der Waals surface area contributed by atoms with Crippen molar-refractivity contribution in [2.24, 2.45) is 23.2 Å². The molecule has 0 aromatic heterocycles. The summed E-state index contributed by atoms with van der Waals surface area (Å²) in [5, 5.41) is 8.38. The number of likely N-dealkylation sites (tertiary alicyclic amines) is 1. The monoisotopic (exact) mass is 460 g/mol. The molecular weight excluding hydrogens is 420 g/mol. The first-order chi connectivity index (χ1) is 15.6. The van der Waals surface area contributed by atoms with Gasteiger partial charge in [0.15, 0.2) is 0 Å². The van der Waals surface area contributed by atoms with Crippen molar-refractivity contribution >= 4 is 18.5 Å². The highest BCUT2D eigenvalue weighted by Crippen LogP contribution is 2.53. The molecule has 33 heavy (non-hydrogen) atoms. The molecule has 9 nitrogen and oxygen atoms in total. The SMILES string of the molecule is CC1(OC=O)CCC1.CN1CCC(C2(N)CC2(N)CCOc2ccc(N(N)C=N)cc2)CC1. The van der Waals surface area contributed by atoms with Gasteiger partial charge in [-0.15, -0.1) is 0 Å². The van der Waals surface area contributed by atoms with Gasteiger partial charge in [-0.05, 0) is 95.8 Å². The molecule has 1 aromatic carbocycles. The lowest BCUT2D eigenvalue weighted by atomic mass is 9.82. The number of rotatable bonds is 9.